The quantitative estimate of drug-likeness (QED) is 0.551. The average Bonchev–Trinajstić information content (AvgIpc) is 2.16. The molecule has 0 aliphatic carbocycles. The van der Waals surface area contributed by atoms with Crippen molar-refractivity contribution in [2.45, 2.75) is 33.1 Å². The van der Waals surface area contributed by atoms with Crippen molar-refractivity contribution in [1.29, 1.82) is 5.26 Å². The molecule has 0 unspecified atom stereocenters. The van der Waals surface area contributed by atoms with Crippen LogP contribution in [0.15, 0.2) is 0 Å². The number of nitriles is 1. The predicted octanol–water partition coefficient (Wildman–Crippen LogP) is 1.88. The minimum atomic E-state index is -0.249. The Morgan fingerprint density at radius 3 is 2.56 bits per heavy atom. The smallest absolute Gasteiger partial charge is 0.306 e. The Kier molecular flexibility index (Phi) is 11.8. The van der Waals surface area contributed by atoms with Gasteiger partial charge < -0.3 is 10.5 Å². The van der Waals surface area contributed by atoms with Gasteiger partial charge in [-0.25, -0.2) is 0 Å². The summed E-state index contributed by atoms with van der Waals surface area (Å²) in [6, 6.07) is 1.92. The molecule has 0 bridgehead atoms. The largest absolute Gasteiger partial charge is 0.465 e. The number of hydrogen-bond acceptors (Lipinski definition) is 4. The van der Waals surface area contributed by atoms with Crippen LogP contribution in [-0.4, -0.2) is 19.1 Å². The number of rotatable bonds is 7. The van der Waals surface area contributed by atoms with Gasteiger partial charge >= 0.3 is 5.97 Å². The molecule has 94 valence electrons. The van der Waals surface area contributed by atoms with E-state index in [4.69, 9.17) is 15.7 Å². The third-order valence-corrected chi connectivity index (χ3v) is 2.07. The van der Waals surface area contributed by atoms with Crippen LogP contribution in [0.1, 0.15) is 33.1 Å². The summed E-state index contributed by atoms with van der Waals surface area (Å²) >= 11 is 0. The van der Waals surface area contributed by atoms with Gasteiger partial charge in [0.2, 0.25) is 0 Å². The average molecular weight is 249 g/mol. The molecule has 0 aromatic rings. The SMILES string of the molecule is CC(C)C[C@H](CN)CC(=O)OCCC#N.Cl. The first kappa shape index (κ1) is 17.6. The minimum absolute atomic E-state index is 0. The highest BCUT2D eigenvalue weighted by atomic mass is 35.5. The highest BCUT2D eigenvalue weighted by Gasteiger charge is 2.14. The lowest BCUT2D eigenvalue weighted by molar-refractivity contribution is -0.144. The van der Waals surface area contributed by atoms with Gasteiger partial charge in [-0.2, -0.15) is 5.26 Å². The Morgan fingerprint density at radius 1 is 1.50 bits per heavy atom. The molecule has 0 aromatic heterocycles. The number of nitrogens with zero attached hydrogens (tertiary/aromatic N) is 1. The van der Waals surface area contributed by atoms with Crippen LogP contribution < -0.4 is 5.73 Å². The zero-order chi connectivity index (χ0) is 11.7. The summed E-state index contributed by atoms with van der Waals surface area (Å²) in [6.45, 7) is 4.90. The summed E-state index contributed by atoms with van der Waals surface area (Å²) in [5.41, 5.74) is 5.56. The molecule has 0 amide bonds. The summed E-state index contributed by atoms with van der Waals surface area (Å²) in [6.07, 6.45) is 1.55. The van der Waals surface area contributed by atoms with E-state index in [1.807, 2.05) is 6.07 Å². The van der Waals surface area contributed by atoms with Crippen LogP contribution in [0.4, 0.5) is 0 Å². The number of esters is 1. The van der Waals surface area contributed by atoms with Crippen LogP contribution in [0.25, 0.3) is 0 Å². The van der Waals surface area contributed by atoms with Crippen molar-refractivity contribution in [2.75, 3.05) is 13.2 Å². The molecule has 4 nitrogen and oxygen atoms in total. The van der Waals surface area contributed by atoms with Crippen molar-refractivity contribution < 1.29 is 9.53 Å². The van der Waals surface area contributed by atoms with Gasteiger partial charge in [-0.3, -0.25) is 4.79 Å². The molecule has 2 N–H and O–H groups in total. The van der Waals surface area contributed by atoms with Gasteiger partial charge in [-0.15, -0.1) is 12.4 Å². The summed E-state index contributed by atoms with van der Waals surface area (Å²) in [7, 11) is 0. The molecule has 5 heteroatoms. The zero-order valence-electron chi connectivity index (χ0n) is 9.94. The van der Waals surface area contributed by atoms with Crippen molar-refractivity contribution >= 4 is 18.4 Å². The number of halogens is 1. The van der Waals surface area contributed by atoms with Gasteiger partial charge in [-0.1, -0.05) is 13.8 Å². The molecule has 16 heavy (non-hydrogen) atoms. The Balaban J connectivity index is 0. The fraction of sp³-hybridized carbons (Fsp3) is 0.818. The van der Waals surface area contributed by atoms with Crippen molar-refractivity contribution in [2.24, 2.45) is 17.6 Å². The second-order valence-electron chi connectivity index (χ2n) is 4.06. The lowest BCUT2D eigenvalue weighted by atomic mass is 9.94. The third-order valence-electron chi connectivity index (χ3n) is 2.07. The Bertz CT molecular complexity index is 227. The molecule has 0 spiro atoms. The molecular formula is C11H21ClN2O2. The van der Waals surface area contributed by atoms with Gasteiger partial charge in [0.15, 0.2) is 0 Å². The molecule has 0 aliphatic rings. The van der Waals surface area contributed by atoms with Crippen molar-refractivity contribution in [1.82, 2.24) is 0 Å². The lowest BCUT2D eigenvalue weighted by Gasteiger charge is -2.15. The third kappa shape index (κ3) is 9.75. The fourth-order valence-corrected chi connectivity index (χ4v) is 1.43. The van der Waals surface area contributed by atoms with E-state index in [-0.39, 0.29) is 37.3 Å². The number of carbonyl (C=O) groups is 1. The van der Waals surface area contributed by atoms with Crippen LogP contribution in [0.3, 0.4) is 0 Å². The molecule has 0 radical (unpaired) electrons. The van der Waals surface area contributed by atoms with Crippen LogP contribution >= 0.6 is 12.4 Å². The number of hydrogen-bond donors (Lipinski definition) is 1. The summed E-state index contributed by atoms with van der Waals surface area (Å²) < 4.78 is 4.88. The van der Waals surface area contributed by atoms with Crippen molar-refractivity contribution in [3.05, 3.63) is 0 Å². The second-order valence-corrected chi connectivity index (χ2v) is 4.06. The highest BCUT2D eigenvalue weighted by Crippen LogP contribution is 2.14. The first-order chi connectivity index (χ1) is 7.10. The first-order valence-corrected chi connectivity index (χ1v) is 5.32. The van der Waals surface area contributed by atoms with Crippen molar-refractivity contribution in [3.8, 4) is 6.07 Å². The number of carbonyl (C=O) groups excluding carboxylic acids is 1. The maximum atomic E-state index is 11.3. The van der Waals surface area contributed by atoms with E-state index in [1.165, 1.54) is 0 Å². The van der Waals surface area contributed by atoms with Crippen molar-refractivity contribution in [3.63, 3.8) is 0 Å². The van der Waals surface area contributed by atoms with E-state index >= 15 is 0 Å². The standard InChI is InChI=1S/C11H20N2O2.ClH/c1-9(2)6-10(8-13)7-11(14)15-5-3-4-12;/h9-10H,3,5-8,13H2,1-2H3;1H/t10-;/m0./s1. The summed E-state index contributed by atoms with van der Waals surface area (Å²) in [5.74, 6) is 0.478. The molecule has 1 atom stereocenters. The van der Waals surface area contributed by atoms with E-state index < -0.39 is 0 Å². The Labute approximate surface area is 104 Å². The van der Waals surface area contributed by atoms with Gasteiger partial charge in [0.1, 0.15) is 6.61 Å². The molecule has 0 aliphatic heterocycles. The van der Waals surface area contributed by atoms with Crippen LogP contribution in [0.5, 0.6) is 0 Å². The molecule has 0 aromatic carbocycles. The maximum Gasteiger partial charge on any atom is 0.306 e. The fourth-order valence-electron chi connectivity index (χ4n) is 1.43. The lowest BCUT2D eigenvalue weighted by Crippen LogP contribution is -2.21. The van der Waals surface area contributed by atoms with Crippen LogP contribution in [0.2, 0.25) is 0 Å². The van der Waals surface area contributed by atoms with Gasteiger partial charge in [0, 0.05) is 6.42 Å². The second kappa shape index (κ2) is 10.7. The Morgan fingerprint density at radius 2 is 2.12 bits per heavy atom. The zero-order valence-corrected chi connectivity index (χ0v) is 10.8. The van der Waals surface area contributed by atoms with Gasteiger partial charge in [0.05, 0.1) is 12.5 Å². The number of nitrogens with two attached hydrogens (primary N) is 1. The van der Waals surface area contributed by atoms with E-state index in [0.717, 1.165) is 6.42 Å². The predicted molar refractivity (Wildman–Crippen MR) is 65.1 cm³/mol. The van der Waals surface area contributed by atoms with E-state index in [0.29, 0.717) is 18.9 Å². The van der Waals surface area contributed by atoms with Crippen LogP contribution in [-0.2, 0) is 9.53 Å². The van der Waals surface area contributed by atoms with Gasteiger partial charge in [-0.05, 0) is 24.8 Å². The van der Waals surface area contributed by atoms with Crippen LogP contribution in [0, 0.1) is 23.2 Å². The molecule has 0 fully saturated rings. The normalized spacial score (nSPS) is 11.4. The topological polar surface area (TPSA) is 76.1 Å². The van der Waals surface area contributed by atoms with E-state index in [9.17, 15) is 4.79 Å². The van der Waals surface area contributed by atoms with E-state index in [1.54, 1.807) is 0 Å². The molecule has 0 saturated carbocycles. The molecule has 0 rings (SSSR count). The minimum Gasteiger partial charge on any atom is -0.465 e. The molecule has 0 heterocycles. The van der Waals surface area contributed by atoms with Gasteiger partial charge in [0.25, 0.3) is 0 Å². The first-order valence-electron chi connectivity index (χ1n) is 5.32. The van der Waals surface area contributed by atoms with E-state index in [2.05, 4.69) is 13.8 Å². The Hall–Kier alpha value is -0.790. The highest BCUT2D eigenvalue weighted by molar-refractivity contribution is 5.85. The summed E-state index contributed by atoms with van der Waals surface area (Å²) in [4.78, 5) is 11.3. The summed E-state index contributed by atoms with van der Waals surface area (Å²) in [5, 5.41) is 8.26. The monoisotopic (exact) mass is 248 g/mol. The number of ether oxygens (including phenoxy) is 1. The molecule has 0 saturated heterocycles. The maximum absolute atomic E-state index is 11.3. The molecular weight excluding hydrogens is 228 g/mol.